The van der Waals surface area contributed by atoms with Crippen LogP contribution in [0.5, 0.6) is 0 Å². The van der Waals surface area contributed by atoms with Crippen LogP contribution in [0.25, 0.3) is 88.0 Å². The summed E-state index contributed by atoms with van der Waals surface area (Å²) in [5.41, 5.74) is 17.7. The Kier molecular flexibility index (Phi) is 7.92. The van der Waals surface area contributed by atoms with Crippen molar-refractivity contribution in [2.45, 2.75) is 19.3 Å². The van der Waals surface area contributed by atoms with E-state index in [-0.39, 0.29) is 5.41 Å². The van der Waals surface area contributed by atoms with Gasteiger partial charge in [0.1, 0.15) is 11.2 Å². The van der Waals surface area contributed by atoms with Crippen LogP contribution in [0.4, 0.5) is 17.1 Å². The molecule has 2 nitrogen and oxygen atoms in total. The summed E-state index contributed by atoms with van der Waals surface area (Å²) in [4.78, 5) is 2.33. The van der Waals surface area contributed by atoms with Crippen LogP contribution in [0.3, 0.4) is 0 Å². The Hall–Kier alpha value is -7.68. The number of fused-ring (bicyclic) bond motifs is 9. The maximum Gasteiger partial charge on any atom is 0.143 e. The summed E-state index contributed by atoms with van der Waals surface area (Å²) < 4.78 is 6.80. The van der Waals surface area contributed by atoms with Gasteiger partial charge in [0, 0.05) is 38.6 Å². The fourth-order valence-corrected chi connectivity index (χ4v) is 9.89. The van der Waals surface area contributed by atoms with E-state index in [1.165, 1.54) is 60.7 Å². The van der Waals surface area contributed by atoms with Gasteiger partial charge >= 0.3 is 0 Å². The summed E-state index contributed by atoms with van der Waals surface area (Å²) in [6, 6.07) is 77.2. The third kappa shape index (κ3) is 5.71. The fraction of sp³-hybridized carbons (Fsp3) is 0.0508. The van der Waals surface area contributed by atoms with Gasteiger partial charge in [-0.2, -0.15) is 0 Å². The number of rotatable bonds is 6. The smallest absolute Gasteiger partial charge is 0.143 e. The van der Waals surface area contributed by atoms with Gasteiger partial charge in [0.25, 0.3) is 0 Å². The first-order chi connectivity index (χ1) is 30.0. The van der Waals surface area contributed by atoms with Crippen LogP contribution in [0.1, 0.15) is 25.0 Å². The van der Waals surface area contributed by atoms with Crippen molar-refractivity contribution in [1.82, 2.24) is 0 Å². The van der Waals surface area contributed by atoms with E-state index < -0.39 is 0 Å². The standard InChI is InChI=1S/C59H41NO/c1-59(2)55-19-11-10-17-49(55)50-32-26-43(35-56(50)59)44-27-33-51-54-37-53(48-16-8-9-18-52(48)58(54)61-57(51)36-44)40-24-30-47(31-25-40)60(45-14-4-3-5-15-45)46-28-22-39(23-29-46)42-21-20-38-12-6-7-13-41(38)34-42/h3-37H,1-2H3. The van der Waals surface area contributed by atoms with E-state index in [9.17, 15) is 0 Å². The average molecular weight is 780 g/mol. The van der Waals surface area contributed by atoms with E-state index in [1.54, 1.807) is 0 Å². The van der Waals surface area contributed by atoms with Crippen LogP contribution in [0.2, 0.25) is 0 Å². The minimum Gasteiger partial charge on any atom is -0.455 e. The maximum absolute atomic E-state index is 6.80. The summed E-state index contributed by atoms with van der Waals surface area (Å²) in [5.74, 6) is 0. The molecule has 0 fully saturated rings. The first-order valence-electron chi connectivity index (χ1n) is 21.2. The van der Waals surface area contributed by atoms with Crippen molar-refractivity contribution in [3.8, 4) is 44.5 Å². The van der Waals surface area contributed by atoms with Gasteiger partial charge in [-0.25, -0.2) is 0 Å². The summed E-state index contributed by atoms with van der Waals surface area (Å²) >= 11 is 0. The van der Waals surface area contributed by atoms with Crippen LogP contribution in [-0.4, -0.2) is 0 Å². The molecule has 0 saturated heterocycles. The van der Waals surface area contributed by atoms with Crippen LogP contribution >= 0.6 is 0 Å². The monoisotopic (exact) mass is 779 g/mol. The van der Waals surface area contributed by atoms with Crippen molar-refractivity contribution < 1.29 is 4.42 Å². The molecule has 1 aliphatic carbocycles. The molecule has 1 aromatic heterocycles. The molecule has 10 aromatic carbocycles. The van der Waals surface area contributed by atoms with E-state index in [4.69, 9.17) is 4.42 Å². The van der Waals surface area contributed by atoms with Crippen molar-refractivity contribution in [2.24, 2.45) is 0 Å². The third-order valence-electron chi connectivity index (χ3n) is 13.1. The predicted octanol–water partition coefficient (Wildman–Crippen LogP) is 16.7. The molecule has 61 heavy (non-hydrogen) atoms. The molecule has 288 valence electrons. The molecule has 2 heteroatoms. The van der Waals surface area contributed by atoms with E-state index in [2.05, 4.69) is 231 Å². The molecule has 1 heterocycles. The minimum absolute atomic E-state index is 0.0523. The zero-order chi connectivity index (χ0) is 40.7. The lowest BCUT2D eigenvalue weighted by molar-refractivity contribution is 0.660. The van der Waals surface area contributed by atoms with Gasteiger partial charge in [-0.1, -0.05) is 159 Å². The molecule has 0 radical (unpaired) electrons. The molecule has 0 unspecified atom stereocenters. The van der Waals surface area contributed by atoms with Gasteiger partial charge in [0.15, 0.2) is 0 Å². The quantitative estimate of drug-likeness (QED) is 0.167. The molecule has 0 saturated carbocycles. The van der Waals surface area contributed by atoms with Crippen LogP contribution in [0.15, 0.2) is 217 Å². The third-order valence-corrected chi connectivity index (χ3v) is 13.1. The second kappa shape index (κ2) is 13.7. The fourth-order valence-electron chi connectivity index (χ4n) is 9.89. The lowest BCUT2D eigenvalue weighted by Crippen LogP contribution is -2.14. The molecule has 0 amide bonds. The van der Waals surface area contributed by atoms with Crippen LogP contribution in [0, 0.1) is 0 Å². The maximum atomic E-state index is 6.80. The largest absolute Gasteiger partial charge is 0.455 e. The van der Waals surface area contributed by atoms with Gasteiger partial charge in [-0.3, -0.25) is 0 Å². The lowest BCUT2D eigenvalue weighted by Gasteiger charge is -2.26. The Balaban J connectivity index is 0.910. The van der Waals surface area contributed by atoms with E-state index in [1.807, 2.05) is 0 Å². The van der Waals surface area contributed by atoms with Crippen molar-refractivity contribution in [2.75, 3.05) is 4.90 Å². The molecule has 12 rings (SSSR count). The molecule has 0 bridgehead atoms. The first kappa shape index (κ1) is 35.3. The first-order valence-corrected chi connectivity index (χ1v) is 21.2. The number of hydrogen-bond acceptors (Lipinski definition) is 2. The number of nitrogens with zero attached hydrogens (tertiary/aromatic N) is 1. The molecule has 0 spiro atoms. The normalized spacial score (nSPS) is 12.9. The van der Waals surface area contributed by atoms with Gasteiger partial charge in [-0.05, 0) is 139 Å². The van der Waals surface area contributed by atoms with E-state index in [0.29, 0.717) is 0 Å². The second-order valence-electron chi connectivity index (χ2n) is 16.9. The minimum atomic E-state index is -0.0523. The van der Waals surface area contributed by atoms with Crippen LogP contribution < -0.4 is 4.90 Å². The van der Waals surface area contributed by atoms with Crippen molar-refractivity contribution >= 4 is 60.5 Å². The van der Waals surface area contributed by atoms with E-state index in [0.717, 1.165) is 55.5 Å². The molecule has 0 N–H and O–H groups in total. The summed E-state index contributed by atoms with van der Waals surface area (Å²) in [5, 5.41) is 7.04. The summed E-state index contributed by atoms with van der Waals surface area (Å²) in [6.07, 6.45) is 0. The zero-order valence-corrected chi connectivity index (χ0v) is 34.1. The molecule has 0 aliphatic heterocycles. The van der Waals surface area contributed by atoms with Gasteiger partial charge in [0.05, 0.1) is 0 Å². The topological polar surface area (TPSA) is 16.4 Å². The van der Waals surface area contributed by atoms with Gasteiger partial charge < -0.3 is 9.32 Å². The molecular weight excluding hydrogens is 739 g/mol. The van der Waals surface area contributed by atoms with Crippen molar-refractivity contribution in [3.63, 3.8) is 0 Å². The number of benzene rings is 10. The van der Waals surface area contributed by atoms with E-state index >= 15 is 0 Å². The highest BCUT2D eigenvalue weighted by molar-refractivity contribution is 6.19. The molecule has 1 aliphatic rings. The highest BCUT2D eigenvalue weighted by Gasteiger charge is 2.35. The number of hydrogen-bond donors (Lipinski definition) is 0. The van der Waals surface area contributed by atoms with Gasteiger partial charge in [0.2, 0.25) is 0 Å². The molecule has 11 aromatic rings. The number of anilines is 3. The average Bonchev–Trinajstić information content (AvgIpc) is 3.80. The summed E-state index contributed by atoms with van der Waals surface area (Å²) in [6.45, 7) is 4.68. The van der Waals surface area contributed by atoms with Gasteiger partial charge in [-0.15, -0.1) is 0 Å². The lowest BCUT2D eigenvalue weighted by atomic mass is 9.81. The predicted molar refractivity (Wildman–Crippen MR) is 257 cm³/mol. The summed E-state index contributed by atoms with van der Waals surface area (Å²) in [7, 11) is 0. The van der Waals surface area contributed by atoms with Crippen molar-refractivity contribution in [3.05, 3.63) is 223 Å². The Morgan fingerprint density at radius 1 is 0.344 bits per heavy atom. The highest BCUT2D eigenvalue weighted by Crippen LogP contribution is 2.50. The molecule has 0 atom stereocenters. The van der Waals surface area contributed by atoms with Crippen LogP contribution in [-0.2, 0) is 5.41 Å². The number of furan rings is 1. The Morgan fingerprint density at radius 3 is 1.72 bits per heavy atom. The second-order valence-corrected chi connectivity index (χ2v) is 16.9. The molecular formula is C59H41NO. The SMILES string of the molecule is CC1(C)c2ccccc2-c2ccc(-c3ccc4c(c3)oc3c5ccccc5c(-c5ccc(N(c6ccccc6)c6ccc(-c7ccc8ccccc8c7)cc6)cc5)cc43)cc21. The Bertz CT molecular complexity index is 3480. The highest BCUT2D eigenvalue weighted by atomic mass is 16.3. The number of para-hydroxylation sites is 1. The Morgan fingerprint density at radius 2 is 0.918 bits per heavy atom. The zero-order valence-electron chi connectivity index (χ0n) is 34.1. The van der Waals surface area contributed by atoms with Crippen molar-refractivity contribution in [1.29, 1.82) is 0 Å². The Labute approximate surface area is 355 Å².